The first kappa shape index (κ1) is 21.4. The molecule has 3 rings (SSSR count). The molecule has 1 atom stereocenters. The van der Waals surface area contributed by atoms with Gasteiger partial charge in [0.1, 0.15) is 11.5 Å². The van der Waals surface area contributed by atoms with E-state index in [9.17, 15) is 9.59 Å². The molecule has 0 spiro atoms. The highest BCUT2D eigenvalue weighted by Crippen LogP contribution is 2.28. The van der Waals surface area contributed by atoms with E-state index in [1.54, 1.807) is 49.6 Å². The van der Waals surface area contributed by atoms with Gasteiger partial charge in [0.15, 0.2) is 0 Å². The fourth-order valence-electron chi connectivity index (χ4n) is 3.17. The van der Waals surface area contributed by atoms with Crippen LogP contribution in [0.2, 0.25) is 0 Å². The van der Waals surface area contributed by atoms with Gasteiger partial charge in [-0.1, -0.05) is 6.07 Å². The molecule has 1 saturated heterocycles. The molecule has 2 amide bonds. The van der Waals surface area contributed by atoms with Crippen LogP contribution in [0.3, 0.4) is 0 Å². The average molecular weight is 413 g/mol. The van der Waals surface area contributed by atoms with Gasteiger partial charge in [0.2, 0.25) is 5.91 Å². The molecule has 2 aromatic carbocycles. The Morgan fingerprint density at radius 1 is 1.13 bits per heavy atom. The Kier molecular flexibility index (Phi) is 7.51. The van der Waals surface area contributed by atoms with Gasteiger partial charge in [0, 0.05) is 30.5 Å². The molecular formula is C22H27N3O5. The van der Waals surface area contributed by atoms with Crippen LogP contribution < -0.4 is 25.4 Å². The molecule has 0 aliphatic carbocycles. The number of benzene rings is 2. The molecule has 8 nitrogen and oxygen atoms in total. The quantitative estimate of drug-likeness (QED) is 0.585. The second-order valence-electron chi connectivity index (χ2n) is 6.89. The molecule has 1 unspecified atom stereocenters. The zero-order chi connectivity index (χ0) is 21.3. The normalized spacial score (nSPS) is 15.3. The summed E-state index contributed by atoms with van der Waals surface area (Å²) in [6, 6.07) is 12.2. The van der Waals surface area contributed by atoms with Gasteiger partial charge in [-0.15, -0.1) is 0 Å². The number of hydrogen-bond acceptors (Lipinski definition) is 6. The highest BCUT2D eigenvalue weighted by molar-refractivity contribution is 5.96. The molecule has 160 valence electrons. The summed E-state index contributed by atoms with van der Waals surface area (Å²) in [4.78, 5) is 24.7. The summed E-state index contributed by atoms with van der Waals surface area (Å²) in [6.07, 6.45) is 2.09. The largest absolute Gasteiger partial charge is 0.497 e. The predicted octanol–water partition coefficient (Wildman–Crippen LogP) is 2.66. The van der Waals surface area contributed by atoms with Crippen LogP contribution in [0, 0.1) is 0 Å². The van der Waals surface area contributed by atoms with Crippen LogP contribution in [0.15, 0.2) is 42.5 Å². The van der Waals surface area contributed by atoms with E-state index in [0.717, 1.165) is 19.4 Å². The number of carbonyl (C=O) groups is 2. The van der Waals surface area contributed by atoms with Crippen LogP contribution in [0.1, 0.15) is 23.2 Å². The van der Waals surface area contributed by atoms with Crippen LogP contribution in [-0.2, 0) is 9.53 Å². The van der Waals surface area contributed by atoms with Gasteiger partial charge in [-0.2, -0.15) is 0 Å². The molecule has 8 heteroatoms. The number of carbonyl (C=O) groups excluding carboxylic acids is 2. The first-order chi connectivity index (χ1) is 14.6. The van der Waals surface area contributed by atoms with Gasteiger partial charge in [0.05, 0.1) is 32.6 Å². The molecular weight excluding hydrogens is 386 g/mol. The third kappa shape index (κ3) is 5.87. The third-order valence-corrected chi connectivity index (χ3v) is 4.77. The van der Waals surface area contributed by atoms with Crippen molar-refractivity contribution in [1.82, 2.24) is 5.32 Å². The van der Waals surface area contributed by atoms with E-state index in [4.69, 9.17) is 14.2 Å². The van der Waals surface area contributed by atoms with Gasteiger partial charge in [-0.25, -0.2) is 0 Å². The van der Waals surface area contributed by atoms with Gasteiger partial charge < -0.3 is 30.2 Å². The highest BCUT2D eigenvalue weighted by Gasteiger charge is 2.17. The van der Waals surface area contributed by atoms with E-state index in [-0.39, 0.29) is 24.5 Å². The summed E-state index contributed by atoms with van der Waals surface area (Å²) in [5.41, 5.74) is 1.71. The summed E-state index contributed by atoms with van der Waals surface area (Å²) in [7, 11) is 3.09. The van der Waals surface area contributed by atoms with Crippen LogP contribution >= 0.6 is 0 Å². The minimum Gasteiger partial charge on any atom is -0.497 e. The third-order valence-electron chi connectivity index (χ3n) is 4.77. The Morgan fingerprint density at radius 2 is 2.00 bits per heavy atom. The van der Waals surface area contributed by atoms with Crippen LogP contribution in [0.5, 0.6) is 11.5 Å². The van der Waals surface area contributed by atoms with Crippen molar-refractivity contribution in [1.29, 1.82) is 0 Å². The number of rotatable bonds is 9. The molecule has 1 fully saturated rings. The van der Waals surface area contributed by atoms with Gasteiger partial charge in [0.25, 0.3) is 5.91 Å². The number of methoxy groups -OCH3 is 2. The predicted molar refractivity (Wildman–Crippen MR) is 114 cm³/mol. The fraction of sp³-hybridized carbons (Fsp3) is 0.364. The molecule has 1 aliphatic rings. The summed E-state index contributed by atoms with van der Waals surface area (Å²) < 4.78 is 16.0. The molecule has 3 N–H and O–H groups in total. The summed E-state index contributed by atoms with van der Waals surface area (Å²) in [5.74, 6) is 0.726. The van der Waals surface area contributed by atoms with E-state index in [1.807, 2.05) is 0 Å². The average Bonchev–Trinajstić information content (AvgIpc) is 3.30. The zero-order valence-electron chi connectivity index (χ0n) is 17.2. The molecule has 30 heavy (non-hydrogen) atoms. The lowest BCUT2D eigenvalue weighted by Crippen LogP contribution is -2.31. The van der Waals surface area contributed by atoms with Crippen LogP contribution in [0.25, 0.3) is 0 Å². The lowest BCUT2D eigenvalue weighted by atomic mass is 10.1. The maximum absolute atomic E-state index is 12.4. The number of amides is 2. The Balaban J connectivity index is 1.53. The number of nitrogens with one attached hydrogen (secondary N) is 3. The van der Waals surface area contributed by atoms with Gasteiger partial charge in [-0.05, 0) is 43.2 Å². The molecule has 0 bridgehead atoms. The van der Waals surface area contributed by atoms with E-state index >= 15 is 0 Å². The molecule has 0 radical (unpaired) electrons. The Labute approximate surface area is 175 Å². The number of hydrogen-bond donors (Lipinski definition) is 3. The van der Waals surface area contributed by atoms with E-state index < -0.39 is 0 Å². The van der Waals surface area contributed by atoms with Crippen molar-refractivity contribution in [2.75, 3.05) is 44.5 Å². The maximum atomic E-state index is 12.4. The first-order valence-electron chi connectivity index (χ1n) is 9.84. The van der Waals surface area contributed by atoms with Crippen molar-refractivity contribution in [2.45, 2.75) is 18.9 Å². The highest BCUT2D eigenvalue weighted by atomic mass is 16.5. The summed E-state index contributed by atoms with van der Waals surface area (Å²) in [5, 5.41) is 8.72. The zero-order valence-corrected chi connectivity index (χ0v) is 17.2. The topological polar surface area (TPSA) is 97.9 Å². The Morgan fingerprint density at radius 3 is 2.73 bits per heavy atom. The second-order valence-corrected chi connectivity index (χ2v) is 6.89. The maximum Gasteiger partial charge on any atom is 0.251 e. The van der Waals surface area contributed by atoms with E-state index in [2.05, 4.69) is 16.0 Å². The van der Waals surface area contributed by atoms with Crippen molar-refractivity contribution < 1.29 is 23.8 Å². The summed E-state index contributed by atoms with van der Waals surface area (Å²) >= 11 is 0. The molecule has 2 aromatic rings. The lowest BCUT2D eigenvalue weighted by Gasteiger charge is -2.13. The Hall–Kier alpha value is -3.26. The molecule has 1 heterocycles. The number of ether oxygens (including phenoxy) is 3. The van der Waals surface area contributed by atoms with Gasteiger partial charge in [-0.3, -0.25) is 9.59 Å². The van der Waals surface area contributed by atoms with Crippen molar-refractivity contribution in [3.05, 3.63) is 48.0 Å². The van der Waals surface area contributed by atoms with Crippen molar-refractivity contribution >= 4 is 23.2 Å². The van der Waals surface area contributed by atoms with E-state index in [1.165, 1.54) is 7.11 Å². The molecule has 0 saturated carbocycles. The van der Waals surface area contributed by atoms with Crippen molar-refractivity contribution in [3.8, 4) is 11.5 Å². The van der Waals surface area contributed by atoms with Crippen molar-refractivity contribution in [2.24, 2.45) is 0 Å². The monoisotopic (exact) mass is 413 g/mol. The minimum absolute atomic E-state index is 0.0291. The SMILES string of the molecule is COc1ccc(OC)c(NC(=O)CNc2cccc(C(=O)NCC3CCCO3)c2)c1. The standard InChI is InChI=1S/C22H27N3O5/c1-28-17-8-9-20(29-2)19(12-17)25-21(26)14-23-16-6-3-5-15(11-16)22(27)24-13-18-7-4-10-30-18/h3,5-6,8-9,11-12,18,23H,4,7,10,13-14H2,1-2H3,(H,24,27)(H,25,26). The van der Waals surface area contributed by atoms with Crippen LogP contribution in [0.4, 0.5) is 11.4 Å². The first-order valence-corrected chi connectivity index (χ1v) is 9.84. The number of anilines is 2. The molecule has 0 aromatic heterocycles. The molecule has 1 aliphatic heterocycles. The minimum atomic E-state index is -0.255. The van der Waals surface area contributed by atoms with Crippen LogP contribution in [-0.4, -0.2) is 51.8 Å². The fourth-order valence-corrected chi connectivity index (χ4v) is 3.17. The summed E-state index contributed by atoms with van der Waals surface area (Å²) in [6.45, 7) is 1.28. The second kappa shape index (κ2) is 10.5. The smallest absolute Gasteiger partial charge is 0.251 e. The van der Waals surface area contributed by atoms with E-state index in [0.29, 0.717) is 35.0 Å². The Bertz CT molecular complexity index is 881. The lowest BCUT2D eigenvalue weighted by molar-refractivity contribution is -0.114. The van der Waals surface area contributed by atoms with Crippen molar-refractivity contribution in [3.63, 3.8) is 0 Å². The van der Waals surface area contributed by atoms with Gasteiger partial charge >= 0.3 is 0 Å².